The number of aryl methyl sites for hydroxylation is 1. The Morgan fingerprint density at radius 3 is 2.81 bits per heavy atom. The molecule has 0 aliphatic carbocycles. The van der Waals surface area contributed by atoms with Gasteiger partial charge in [0.05, 0.1) is 24.1 Å². The lowest BCUT2D eigenvalue weighted by Crippen LogP contribution is -2.26. The average Bonchev–Trinajstić information content (AvgIpc) is 2.46. The molecule has 2 aromatic rings. The molecule has 6 nitrogen and oxygen atoms in total. The first kappa shape index (κ1) is 14.9. The lowest BCUT2D eigenvalue weighted by molar-refractivity contribution is 0.0946. The third-order valence-corrected chi connectivity index (χ3v) is 3.10. The highest BCUT2D eigenvalue weighted by molar-refractivity contribution is 5.96. The maximum absolute atomic E-state index is 12.2. The second-order valence-corrected chi connectivity index (χ2v) is 5.14. The number of anilines is 1. The molecule has 0 aliphatic rings. The monoisotopic (exact) mass is 285 g/mol. The van der Waals surface area contributed by atoms with Crippen molar-refractivity contribution in [3.05, 3.63) is 47.3 Å². The Morgan fingerprint density at radius 1 is 1.38 bits per heavy atom. The van der Waals surface area contributed by atoms with Gasteiger partial charge in [-0.1, -0.05) is 19.9 Å². The van der Waals surface area contributed by atoms with Crippen LogP contribution in [0.3, 0.4) is 0 Å². The van der Waals surface area contributed by atoms with Gasteiger partial charge in [-0.3, -0.25) is 9.78 Å². The number of aromatic nitrogens is 3. The molecule has 3 N–H and O–H groups in total. The Bertz CT molecular complexity index is 654. The second-order valence-electron chi connectivity index (χ2n) is 5.14. The number of pyridine rings is 1. The zero-order chi connectivity index (χ0) is 15.4. The predicted molar refractivity (Wildman–Crippen MR) is 80.7 cm³/mol. The lowest BCUT2D eigenvalue weighted by Gasteiger charge is -2.10. The number of rotatable bonds is 4. The van der Waals surface area contributed by atoms with Gasteiger partial charge in [-0.15, -0.1) is 0 Å². The molecule has 0 saturated heterocycles. The maximum atomic E-state index is 12.2. The van der Waals surface area contributed by atoms with Crippen molar-refractivity contribution in [2.45, 2.75) is 33.2 Å². The molecule has 2 heterocycles. The van der Waals surface area contributed by atoms with Crippen LogP contribution in [0.5, 0.6) is 0 Å². The number of carbonyl (C=O) groups excluding carboxylic acids is 1. The van der Waals surface area contributed by atoms with Gasteiger partial charge in [-0.25, -0.2) is 9.97 Å². The first-order valence-corrected chi connectivity index (χ1v) is 6.80. The van der Waals surface area contributed by atoms with Gasteiger partial charge in [0.25, 0.3) is 5.91 Å². The molecule has 2 aromatic heterocycles. The highest BCUT2D eigenvalue weighted by atomic mass is 16.1. The fraction of sp³-hybridized carbons (Fsp3) is 0.333. The molecule has 21 heavy (non-hydrogen) atoms. The van der Waals surface area contributed by atoms with E-state index in [1.807, 2.05) is 32.9 Å². The van der Waals surface area contributed by atoms with Crippen LogP contribution in [0.4, 0.5) is 5.69 Å². The number of amides is 1. The highest BCUT2D eigenvalue weighted by Gasteiger charge is 2.15. The van der Waals surface area contributed by atoms with Crippen molar-refractivity contribution in [3.8, 4) is 0 Å². The van der Waals surface area contributed by atoms with E-state index in [9.17, 15) is 4.79 Å². The molecule has 0 bridgehead atoms. The summed E-state index contributed by atoms with van der Waals surface area (Å²) in [5.74, 6) is 0.417. The fourth-order valence-electron chi connectivity index (χ4n) is 1.82. The largest absolute Gasteiger partial charge is 0.396 e. The molecule has 0 atom stereocenters. The molecule has 6 heteroatoms. The third-order valence-electron chi connectivity index (χ3n) is 3.10. The summed E-state index contributed by atoms with van der Waals surface area (Å²) in [6.07, 6.45) is 3.17. The van der Waals surface area contributed by atoms with E-state index in [-0.39, 0.29) is 23.2 Å². The van der Waals surface area contributed by atoms with Gasteiger partial charge in [0.2, 0.25) is 0 Å². The molecule has 2 rings (SSSR count). The van der Waals surface area contributed by atoms with Crippen LogP contribution in [0, 0.1) is 6.92 Å². The van der Waals surface area contributed by atoms with Crippen LogP contribution >= 0.6 is 0 Å². The van der Waals surface area contributed by atoms with Crippen molar-refractivity contribution in [1.82, 2.24) is 20.3 Å². The van der Waals surface area contributed by atoms with E-state index in [0.29, 0.717) is 12.4 Å². The van der Waals surface area contributed by atoms with Crippen molar-refractivity contribution in [2.75, 3.05) is 5.73 Å². The summed E-state index contributed by atoms with van der Waals surface area (Å²) < 4.78 is 0. The number of nitrogens with zero attached hydrogens (tertiary/aromatic N) is 3. The summed E-state index contributed by atoms with van der Waals surface area (Å²) in [6, 6.07) is 3.81. The van der Waals surface area contributed by atoms with Crippen molar-refractivity contribution in [1.29, 1.82) is 0 Å². The summed E-state index contributed by atoms with van der Waals surface area (Å²) in [7, 11) is 0. The Labute approximate surface area is 123 Å². The van der Waals surface area contributed by atoms with E-state index < -0.39 is 0 Å². The van der Waals surface area contributed by atoms with E-state index in [1.54, 1.807) is 6.20 Å². The zero-order valence-corrected chi connectivity index (χ0v) is 12.4. The third kappa shape index (κ3) is 3.53. The molecular weight excluding hydrogens is 266 g/mol. The highest BCUT2D eigenvalue weighted by Crippen LogP contribution is 2.13. The van der Waals surface area contributed by atoms with E-state index in [1.165, 1.54) is 6.20 Å². The Morgan fingerprint density at radius 2 is 2.14 bits per heavy atom. The van der Waals surface area contributed by atoms with Gasteiger partial charge in [0.15, 0.2) is 5.69 Å². The second kappa shape index (κ2) is 6.30. The van der Waals surface area contributed by atoms with Crippen molar-refractivity contribution < 1.29 is 4.79 Å². The van der Waals surface area contributed by atoms with Crippen LogP contribution < -0.4 is 11.1 Å². The number of hydrogen-bond donors (Lipinski definition) is 2. The Hall–Kier alpha value is -2.50. The molecule has 0 unspecified atom stereocenters. The number of nitrogens with two attached hydrogens (primary N) is 1. The summed E-state index contributed by atoms with van der Waals surface area (Å²) in [6.45, 7) is 6.21. The SMILES string of the molecule is Cc1cccnc1CNC(=O)c1nc(C(C)C)ncc1N. The Kier molecular flexibility index (Phi) is 4.47. The standard InChI is InChI=1S/C15H19N5O/c1-9(2)14-18-7-11(16)13(20-14)15(21)19-8-12-10(3)5-4-6-17-12/h4-7,9H,8,16H2,1-3H3,(H,19,21). The van der Waals surface area contributed by atoms with Crippen LogP contribution in [0.1, 0.15) is 47.3 Å². The predicted octanol–water partition coefficient (Wildman–Crippen LogP) is 1.82. The summed E-state index contributed by atoms with van der Waals surface area (Å²) >= 11 is 0. The first-order valence-electron chi connectivity index (χ1n) is 6.80. The Balaban J connectivity index is 2.14. The van der Waals surface area contributed by atoms with Crippen LogP contribution in [-0.4, -0.2) is 20.9 Å². The van der Waals surface area contributed by atoms with Crippen molar-refractivity contribution >= 4 is 11.6 Å². The average molecular weight is 285 g/mol. The fourth-order valence-corrected chi connectivity index (χ4v) is 1.82. The van der Waals surface area contributed by atoms with Crippen molar-refractivity contribution in [3.63, 3.8) is 0 Å². The quantitative estimate of drug-likeness (QED) is 0.893. The van der Waals surface area contributed by atoms with Crippen LogP contribution in [0.25, 0.3) is 0 Å². The molecule has 1 amide bonds. The van der Waals surface area contributed by atoms with Gasteiger partial charge >= 0.3 is 0 Å². The van der Waals surface area contributed by atoms with E-state index in [4.69, 9.17) is 5.73 Å². The number of hydrogen-bond acceptors (Lipinski definition) is 5. The molecule has 0 radical (unpaired) electrons. The minimum Gasteiger partial charge on any atom is -0.396 e. The smallest absolute Gasteiger partial charge is 0.272 e. The number of nitrogens with one attached hydrogen (secondary N) is 1. The molecule has 0 spiro atoms. The van der Waals surface area contributed by atoms with Gasteiger partial charge in [0, 0.05) is 12.1 Å². The molecular formula is C15H19N5O. The number of nitrogen functional groups attached to an aromatic ring is 1. The normalized spacial score (nSPS) is 10.7. The molecule has 0 fully saturated rings. The molecule has 110 valence electrons. The van der Waals surface area contributed by atoms with Crippen LogP contribution in [-0.2, 0) is 6.54 Å². The van der Waals surface area contributed by atoms with Crippen molar-refractivity contribution in [2.24, 2.45) is 0 Å². The van der Waals surface area contributed by atoms with E-state index >= 15 is 0 Å². The van der Waals surface area contributed by atoms with Gasteiger partial charge in [-0.2, -0.15) is 0 Å². The van der Waals surface area contributed by atoms with E-state index in [0.717, 1.165) is 11.3 Å². The van der Waals surface area contributed by atoms with Crippen LogP contribution in [0.2, 0.25) is 0 Å². The van der Waals surface area contributed by atoms with Gasteiger partial charge in [-0.05, 0) is 18.6 Å². The minimum absolute atomic E-state index is 0.134. The molecule has 0 aromatic carbocycles. The lowest BCUT2D eigenvalue weighted by atomic mass is 10.2. The molecule has 0 aliphatic heterocycles. The zero-order valence-electron chi connectivity index (χ0n) is 12.4. The van der Waals surface area contributed by atoms with E-state index in [2.05, 4.69) is 20.3 Å². The molecule has 0 saturated carbocycles. The minimum atomic E-state index is -0.318. The number of carbonyl (C=O) groups is 1. The summed E-state index contributed by atoms with van der Waals surface area (Å²) in [5, 5.41) is 2.79. The summed E-state index contributed by atoms with van der Waals surface area (Å²) in [5.41, 5.74) is 8.12. The van der Waals surface area contributed by atoms with Crippen LogP contribution in [0.15, 0.2) is 24.5 Å². The maximum Gasteiger partial charge on any atom is 0.272 e. The topological polar surface area (TPSA) is 93.8 Å². The first-order chi connectivity index (χ1) is 9.99. The van der Waals surface area contributed by atoms with Gasteiger partial charge in [0.1, 0.15) is 5.82 Å². The summed E-state index contributed by atoms with van der Waals surface area (Å²) in [4.78, 5) is 24.8. The van der Waals surface area contributed by atoms with Gasteiger partial charge < -0.3 is 11.1 Å².